The molecule has 0 atom stereocenters. The quantitative estimate of drug-likeness (QED) is 0.768. The molecule has 0 aliphatic heterocycles. The van der Waals surface area contributed by atoms with Gasteiger partial charge in [-0.3, -0.25) is 9.59 Å². The third kappa shape index (κ3) is 6.25. The minimum absolute atomic E-state index is 0.0151. The van der Waals surface area contributed by atoms with E-state index in [1.54, 1.807) is 38.4 Å². The second-order valence-electron chi connectivity index (χ2n) is 4.87. The number of methoxy groups -OCH3 is 1. The van der Waals surface area contributed by atoms with Gasteiger partial charge in [0.15, 0.2) is 0 Å². The van der Waals surface area contributed by atoms with Crippen LogP contribution in [0.5, 0.6) is 0 Å². The number of likely N-dealkylation sites (N-methyl/N-ethyl adjacent to an activating group) is 1. The Morgan fingerprint density at radius 3 is 2.32 bits per heavy atom. The van der Waals surface area contributed by atoms with Gasteiger partial charge in [0.25, 0.3) is 0 Å². The van der Waals surface area contributed by atoms with Gasteiger partial charge in [0.05, 0.1) is 20.0 Å². The minimum Gasteiger partial charge on any atom is -0.469 e. The molecule has 120 valence electrons. The third-order valence-corrected chi connectivity index (χ3v) is 2.91. The van der Waals surface area contributed by atoms with Gasteiger partial charge in [0, 0.05) is 26.3 Å². The highest BCUT2D eigenvalue weighted by Crippen LogP contribution is 2.10. The summed E-state index contributed by atoms with van der Waals surface area (Å²) in [5.74, 6) is -0.364. The van der Waals surface area contributed by atoms with Crippen LogP contribution in [0.1, 0.15) is 12.0 Å². The predicted molar refractivity (Wildman–Crippen MR) is 82.5 cm³/mol. The van der Waals surface area contributed by atoms with Crippen LogP contribution in [0.3, 0.4) is 0 Å². The number of urea groups is 1. The van der Waals surface area contributed by atoms with Crippen molar-refractivity contribution in [3.05, 3.63) is 29.8 Å². The summed E-state index contributed by atoms with van der Waals surface area (Å²) in [4.78, 5) is 35.6. The van der Waals surface area contributed by atoms with Crippen LogP contribution in [0, 0.1) is 0 Å². The van der Waals surface area contributed by atoms with Crippen molar-refractivity contribution in [2.75, 3.05) is 33.1 Å². The van der Waals surface area contributed by atoms with E-state index in [2.05, 4.69) is 15.4 Å². The van der Waals surface area contributed by atoms with Gasteiger partial charge in [-0.1, -0.05) is 12.1 Å². The summed E-state index contributed by atoms with van der Waals surface area (Å²) in [6.45, 7) is 0.202. The van der Waals surface area contributed by atoms with Crippen molar-refractivity contribution in [3.8, 4) is 0 Å². The molecular weight excluding hydrogens is 286 g/mol. The number of anilines is 1. The van der Waals surface area contributed by atoms with Crippen LogP contribution in [0.4, 0.5) is 10.5 Å². The van der Waals surface area contributed by atoms with Gasteiger partial charge in [-0.25, -0.2) is 4.79 Å². The number of hydrogen-bond acceptors (Lipinski definition) is 4. The fraction of sp³-hybridized carbons (Fsp3) is 0.400. The zero-order valence-corrected chi connectivity index (χ0v) is 13.0. The van der Waals surface area contributed by atoms with Gasteiger partial charge in [0.1, 0.15) is 0 Å². The molecule has 0 saturated carbocycles. The molecule has 2 N–H and O–H groups in total. The molecule has 0 saturated heterocycles. The number of carbonyl (C=O) groups excluding carboxylic acids is 3. The molecular formula is C15H21N3O4. The average molecular weight is 307 g/mol. The number of hydrogen-bond donors (Lipinski definition) is 2. The molecule has 0 unspecified atom stereocenters. The van der Waals surface area contributed by atoms with Crippen LogP contribution in [-0.2, 0) is 20.7 Å². The number of esters is 1. The van der Waals surface area contributed by atoms with E-state index < -0.39 is 6.03 Å². The molecule has 0 aromatic heterocycles. The fourth-order valence-electron chi connectivity index (χ4n) is 1.59. The molecule has 0 radical (unpaired) electrons. The van der Waals surface area contributed by atoms with Crippen LogP contribution in [0.15, 0.2) is 24.3 Å². The van der Waals surface area contributed by atoms with Crippen molar-refractivity contribution in [3.63, 3.8) is 0 Å². The lowest BCUT2D eigenvalue weighted by atomic mass is 10.1. The number of rotatable bonds is 6. The summed E-state index contributed by atoms with van der Waals surface area (Å²) in [7, 11) is 4.71. The zero-order valence-electron chi connectivity index (χ0n) is 13.0. The van der Waals surface area contributed by atoms with Gasteiger partial charge in [0.2, 0.25) is 5.91 Å². The molecule has 0 spiro atoms. The second kappa shape index (κ2) is 8.66. The van der Waals surface area contributed by atoms with E-state index in [1.165, 1.54) is 12.0 Å². The summed E-state index contributed by atoms with van der Waals surface area (Å²) in [5.41, 5.74) is 1.48. The minimum atomic E-state index is -0.402. The zero-order chi connectivity index (χ0) is 16.5. The highest BCUT2D eigenvalue weighted by Gasteiger charge is 2.07. The molecule has 7 heteroatoms. The van der Waals surface area contributed by atoms with Crippen molar-refractivity contribution in [2.45, 2.75) is 12.8 Å². The second-order valence-corrected chi connectivity index (χ2v) is 4.87. The lowest BCUT2D eigenvalue weighted by Gasteiger charge is -2.11. The Hall–Kier alpha value is -2.57. The molecule has 7 nitrogen and oxygen atoms in total. The first-order chi connectivity index (χ1) is 10.4. The van der Waals surface area contributed by atoms with Gasteiger partial charge in [-0.2, -0.15) is 0 Å². The maximum absolute atomic E-state index is 11.6. The third-order valence-electron chi connectivity index (χ3n) is 2.91. The monoisotopic (exact) mass is 307 g/mol. The first-order valence-electron chi connectivity index (χ1n) is 6.83. The van der Waals surface area contributed by atoms with Gasteiger partial charge in [-0.05, 0) is 17.7 Å². The number of ether oxygens (including phenoxy) is 1. The topological polar surface area (TPSA) is 87.7 Å². The molecule has 0 bridgehead atoms. The highest BCUT2D eigenvalue weighted by atomic mass is 16.5. The van der Waals surface area contributed by atoms with Crippen molar-refractivity contribution in [1.82, 2.24) is 10.2 Å². The van der Waals surface area contributed by atoms with Crippen LogP contribution in [0.25, 0.3) is 0 Å². The lowest BCUT2D eigenvalue weighted by Crippen LogP contribution is -2.30. The Kier molecular flexibility index (Phi) is 6.88. The fourth-order valence-corrected chi connectivity index (χ4v) is 1.59. The molecule has 0 heterocycles. The Labute approximate surface area is 129 Å². The molecule has 0 fully saturated rings. The van der Waals surface area contributed by atoms with E-state index in [1.807, 2.05) is 0 Å². The lowest BCUT2D eigenvalue weighted by molar-refractivity contribution is -0.140. The van der Waals surface area contributed by atoms with Crippen LogP contribution in [-0.4, -0.2) is 50.6 Å². The van der Waals surface area contributed by atoms with E-state index in [0.717, 1.165) is 5.56 Å². The normalized spacial score (nSPS) is 9.77. The standard InChI is InChI=1S/C15H21N3O4/c1-18(2)13(19)10-11-4-6-12(7-5-11)17-15(21)16-9-8-14(20)22-3/h4-7H,8-10H2,1-3H3,(H2,16,17,21). The first-order valence-corrected chi connectivity index (χ1v) is 6.83. The average Bonchev–Trinajstić information content (AvgIpc) is 2.48. The molecule has 1 rings (SSSR count). The van der Waals surface area contributed by atoms with Crippen molar-refractivity contribution < 1.29 is 19.1 Å². The largest absolute Gasteiger partial charge is 0.469 e. The molecule has 22 heavy (non-hydrogen) atoms. The van der Waals surface area contributed by atoms with Crippen molar-refractivity contribution >= 4 is 23.6 Å². The van der Waals surface area contributed by atoms with Gasteiger partial charge in [-0.15, -0.1) is 0 Å². The highest BCUT2D eigenvalue weighted by molar-refractivity contribution is 5.89. The molecule has 0 aliphatic rings. The smallest absolute Gasteiger partial charge is 0.319 e. The number of benzene rings is 1. The SMILES string of the molecule is COC(=O)CCNC(=O)Nc1ccc(CC(=O)N(C)C)cc1. The van der Waals surface area contributed by atoms with E-state index in [4.69, 9.17) is 0 Å². The van der Waals surface area contributed by atoms with E-state index in [9.17, 15) is 14.4 Å². The summed E-state index contributed by atoms with van der Waals surface area (Å²) >= 11 is 0. The van der Waals surface area contributed by atoms with Crippen molar-refractivity contribution in [2.24, 2.45) is 0 Å². The first kappa shape index (κ1) is 17.5. The van der Waals surface area contributed by atoms with Crippen molar-refractivity contribution in [1.29, 1.82) is 0 Å². The van der Waals surface area contributed by atoms with E-state index in [0.29, 0.717) is 12.1 Å². The molecule has 1 aromatic rings. The van der Waals surface area contributed by atoms with E-state index in [-0.39, 0.29) is 24.8 Å². The number of carbonyl (C=O) groups is 3. The van der Waals surface area contributed by atoms with Crippen LogP contribution in [0.2, 0.25) is 0 Å². The van der Waals surface area contributed by atoms with Gasteiger partial charge < -0.3 is 20.3 Å². The Bertz CT molecular complexity index is 526. The molecule has 1 aromatic carbocycles. The Balaban J connectivity index is 2.42. The van der Waals surface area contributed by atoms with Crippen LogP contribution >= 0.6 is 0 Å². The number of nitrogens with one attached hydrogen (secondary N) is 2. The summed E-state index contributed by atoms with van der Waals surface area (Å²) in [6.07, 6.45) is 0.439. The molecule has 3 amide bonds. The van der Waals surface area contributed by atoms with Crippen LogP contribution < -0.4 is 10.6 Å². The summed E-state index contributed by atoms with van der Waals surface area (Å²) in [5, 5.41) is 5.19. The van der Waals surface area contributed by atoms with E-state index >= 15 is 0 Å². The predicted octanol–water partition coefficient (Wildman–Crippen LogP) is 1.00. The Morgan fingerprint density at radius 1 is 1.14 bits per heavy atom. The maximum Gasteiger partial charge on any atom is 0.319 e. The maximum atomic E-state index is 11.6. The number of nitrogens with zero attached hydrogens (tertiary/aromatic N) is 1. The molecule has 0 aliphatic carbocycles. The summed E-state index contributed by atoms with van der Waals surface area (Å²) < 4.78 is 4.47. The Morgan fingerprint density at radius 2 is 1.77 bits per heavy atom. The van der Waals surface area contributed by atoms with Gasteiger partial charge >= 0.3 is 12.0 Å². The summed E-state index contributed by atoms with van der Waals surface area (Å²) in [6, 6.07) is 6.61. The number of amides is 3.